The fourth-order valence-corrected chi connectivity index (χ4v) is 3.92. The molecule has 2 fully saturated rings. The summed E-state index contributed by atoms with van der Waals surface area (Å²) in [5, 5.41) is 19.5. The molecule has 0 aliphatic heterocycles. The molecule has 0 aromatic heterocycles. The Balaban J connectivity index is 2.19. The Morgan fingerprint density at radius 2 is 1.86 bits per heavy atom. The van der Waals surface area contributed by atoms with E-state index in [1.54, 1.807) is 6.92 Å². The van der Waals surface area contributed by atoms with E-state index in [0.717, 1.165) is 5.92 Å². The van der Waals surface area contributed by atoms with Gasteiger partial charge in [-0.05, 0) is 49.4 Å². The van der Waals surface area contributed by atoms with Gasteiger partial charge in [0.2, 0.25) is 0 Å². The summed E-state index contributed by atoms with van der Waals surface area (Å²) in [7, 11) is 0. The molecule has 3 unspecified atom stereocenters. The zero-order valence-electron chi connectivity index (χ0n) is 9.40. The van der Waals surface area contributed by atoms with E-state index in [1.807, 2.05) is 0 Å². The van der Waals surface area contributed by atoms with Crippen LogP contribution in [0.15, 0.2) is 0 Å². The summed E-state index contributed by atoms with van der Waals surface area (Å²) in [5.74, 6) is 1.73. The van der Waals surface area contributed by atoms with Gasteiger partial charge in [0.05, 0.1) is 12.2 Å². The van der Waals surface area contributed by atoms with Crippen LogP contribution in [0.5, 0.6) is 0 Å². The van der Waals surface area contributed by atoms with Crippen LogP contribution in [0.4, 0.5) is 0 Å². The lowest BCUT2D eigenvalue weighted by Gasteiger charge is -2.41. The van der Waals surface area contributed by atoms with Crippen molar-refractivity contribution >= 4 is 0 Å². The van der Waals surface area contributed by atoms with E-state index in [4.69, 9.17) is 0 Å². The van der Waals surface area contributed by atoms with Crippen LogP contribution in [0.25, 0.3) is 0 Å². The van der Waals surface area contributed by atoms with Gasteiger partial charge in [0.15, 0.2) is 0 Å². The van der Waals surface area contributed by atoms with Crippen LogP contribution in [0.1, 0.15) is 40.0 Å². The van der Waals surface area contributed by atoms with Crippen LogP contribution in [0.2, 0.25) is 0 Å². The summed E-state index contributed by atoms with van der Waals surface area (Å²) in [4.78, 5) is 0. The molecule has 14 heavy (non-hydrogen) atoms. The maximum Gasteiger partial charge on any atom is 0.0832 e. The molecule has 2 aliphatic carbocycles. The van der Waals surface area contributed by atoms with Gasteiger partial charge in [0, 0.05) is 0 Å². The van der Waals surface area contributed by atoms with Crippen molar-refractivity contribution in [3.63, 3.8) is 0 Å². The van der Waals surface area contributed by atoms with E-state index in [2.05, 4.69) is 13.8 Å². The molecule has 2 nitrogen and oxygen atoms in total. The second kappa shape index (κ2) is 3.21. The average molecular weight is 198 g/mol. The minimum Gasteiger partial charge on any atom is -0.391 e. The van der Waals surface area contributed by atoms with Gasteiger partial charge in [-0.25, -0.2) is 0 Å². The molecule has 5 atom stereocenters. The molecular formula is C12H22O2. The van der Waals surface area contributed by atoms with Crippen molar-refractivity contribution in [1.29, 1.82) is 0 Å². The van der Waals surface area contributed by atoms with Crippen molar-refractivity contribution in [2.24, 2.45) is 23.2 Å². The number of hydrogen-bond donors (Lipinski definition) is 2. The summed E-state index contributed by atoms with van der Waals surface area (Å²) < 4.78 is 0. The summed E-state index contributed by atoms with van der Waals surface area (Å²) in [6.45, 7) is 6.22. The fourth-order valence-electron chi connectivity index (χ4n) is 3.92. The van der Waals surface area contributed by atoms with E-state index in [9.17, 15) is 10.2 Å². The minimum absolute atomic E-state index is 0.222. The first-order valence-electron chi connectivity index (χ1n) is 5.80. The molecule has 2 bridgehead atoms. The number of aliphatic hydroxyl groups is 2. The van der Waals surface area contributed by atoms with Crippen molar-refractivity contribution in [1.82, 2.24) is 0 Å². The molecule has 0 amide bonds. The van der Waals surface area contributed by atoms with Crippen LogP contribution in [-0.4, -0.2) is 22.4 Å². The number of fused-ring (bicyclic) bond motifs is 2. The van der Waals surface area contributed by atoms with Crippen LogP contribution in [-0.2, 0) is 0 Å². The fraction of sp³-hybridized carbons (Fsp3) is 1.00. The third-order valence-corrected chi connectivity index (χ3v) is 4.75. The second-order valence-electron chi connectivity index (χ2n) is 5.85. The van der Waals surface area contributed by atoms with Gasteiger partial charge in [0.25, 0.3) is 0 Å². The van der Waals surface area contributed by atoms with Crippen molar-refractivity contribution in [3.05, 3.63) is 0 Å². The van der Waals surface area contributed by atoms with Crippen molar-refractivity contribution in [3.8, 4) is 0 Å². The molecular weight excluding hydrogens is 176 g/mol. The molecule has 0 heterocycles. The Bertz CT molecular complexity index is 222. The molecule has 82 valence electrons. The summed E-state index contributed by atoms with van der Waals surface area (Å²) >= 11 is 0. The van der Waals surface area contributed by atoms with E-state index < -0.39 is 12.2 Å². The Kier molecular flexibility index (Phi) is 2.39. The van der Waals surface area contributed by atoms with Crippen LogP contribution < -0.4 is 0 Å². The van der Waals surface area contributed by atoms with Gasteiger partial charge < -0.3 is 10.2 Å². The highest BCUT2D eigenvalue weighted by atomic mass is 16.3. The quantitative estimate of drug-likeness (QED) is 0.710. The summed E-state index contributed by atoms with van der Waals surface area (Å²) in [6.07, 6.45) is 2.73. The Hall–Kier alpha value is -0.0800. The van der Waals surface area contributed by atoms with Crippen LogP contribution >= 0.6 is 0 Å². The highest BCUT2D eigenvalue weighted by Crippen LogP contribution is 2.60. The third-order valence-electron chi connectivity index (χ3n) is 4.75. The highest BCUT2D eigenvalue weighted by molar-refractivity contribution is 5.04. The molecule has 2 aliphatic rings. The van der Waals surface area contributed by atoms with Crippen molar-refractivity contribution in [2.75, 3.05) is 0 Å². The summed E-state index contributed by atoms with van der Waals surface area (Å²) in [6, 6.07) is 0. The standard InChI is InChI=1S/C12H22O2/c1-7(13)11(14)10-8-4-5-9(6-8)12(10,2)3/h7-11,13-14H,4-6H2,1-3H3/t7?,8-,9+,10?,11?/m0/s1. The lowest BCUT2D eigenvalue weighted by molar-refractivity contribution is -0.0654. The first kappa shape index (κ1) is 10.4. The zero-order chi connectivity index (χ0) is 10.5. The molecule has 0 spiro atoms. The largest absolute Gasteiger partial charge is 0.391 e. The number of rotatable bonds is 2. The smallest absolute Gasteiger partial charge is 0.0832 e. The van der Waals surface area contributed by atoms with E-state index in [-0.39, 0.29) is 5.41 Å². The Labute approximate surface area is 86.3 Å². The molecule has 2 N–H and O–H groups in total. The normalized spacial score (nSPS) is 43.9. The van der Waals surface area contributed by atoms with Gasteiger partial charge in [-0.2, -0.15) is 0 Å². The second-order valence-corrected chi connectivity index (χ2v) is 5.85. The monoisotopic (exact) mass is 198 g/mol. The van der Waals surface area contributed by atoms with Crippen molar-refractivity contribution in [2.45, 2.75) is 52.2 Å². The first-order chi connectivity index (χ1) is 6.44. The predicted octanol–water partition coefficient (Wildman–Crippen LogP) is 1.80. The predicted molar refractivity (Wildman–Crippen MR) is 55.8 cm³/mol. The lowest BCUT2D eigenvalue weighted by atomic mass is 9.66. The highest BCUT2D eigenvalue weighted by Gasteiger charge is 2.55. The molecule has 0 aromatic rings. The van der Waals surface area contributed by atoms with Gasteiger partial charge in [-0.3, -0.25) is 0 Å². The van der Waals surface area contributed by atoms with Crippen LogP contribution in [0.3, 0.4) is 0 Å². The summed E-state index contributed by atoms with van der Waals surface area (Å²) in [5.41, 5.74) is 0.222. The first-order valence-corrected chi connectivity index (χ1v) is 5.80. The molecule has 0 radical (unpaired) electrons. The number of aliphatic hydroxyl groups excluding tert-OH is 2. The van der Waals surface area contributed by atoms with Gasteiger partial charge in [-0.1, -0.05) is 13.8 Å². The molecule has 0 aromatic carbocycles. The molecule has 0 saturated heterocycles. The maximum atomic E-state index is 10.0. The average Bonchev–Trinajstić information content (AvgIpc) is 2.60. The van der Waals surface area contributed by atoms with Gasteiger partial charge in [0.1, 0.15) is 0 Å². The van der Waals surface area contributed by atoms with Crippen molar-refractivity contribution < 1.29 is 10.2 Å². The number of hydrogen-bond acceptors (Lipinski definition) is 2. The Morgan fingerprint density at radius 3 is 2.29 bits per heavy atom. The van der Waals surface area contributed by atoms with E-state index >= 15 is 0 Å². The Morgan fingerprint density at radius 1 is 1.21 bits per heavy atom. The zero-order valence-corrected chi connectivity index (χ0v) is 9.40. The molecule has 2 heteroatoms. The van der Waals surface area contributed by atoms with Gasteiger partial charge in [-0.15, -0.1) is 0 Å². The SMILES string of the molecule is CC(O)C(O)C1[C@H]2CC[C@H](C2)C1(C)C. The topological polar surface area (TPSA) is 40.5 Å². The maximum absolute atomic E-state index is 10.0. The molecule has 2 saturated carbocycles. The van der Waals surface area contributed by atoms with Gasteiger partial charge >= 0.3 is 0 Å². The lowest BCUT2D eigenvalue weighted by Crippen LogP contribution is -2.43. The third kappa shape index (κ3) is 1.31. The van der Waals surface area contributed by atoms with E-state index in [1.165, 1.54) is 19.3 Å². The minimum atomic E-state index is -0.585. The van der Waals surface area contributed by atoms with Crippen LogP contribution in [0, 0.1) is 23.2 Å². The molecule has 2 rings (SSSR count). The van der Waals surface area contributed by atoms with E-state index in [0.29, 0.717) is 11.8 Å².